The summed E-state index contributed by atoms with van der Waals surface area (Å²) < 4.78 is 24.5. The fourth-order valence-electron chi connectivity index (χ4n) is 2.19. The molecule has 0 aliphatic carbocycles. The van der Waals surface area contributed by atoms with Crippen molar-refractivity contribution in [2.45, 2.75) is 26.8 Å². The summed E-state index contributed by atoms with van der Waals surface area (Å²) in [5.74, 6) is -0.218. The number of amides is 2. The van der Waals surface area contributed by atoms with Crippen molar-refractivity contribution >= 4 is 21.8 Å². The van der Waals surface area contributed by atoms with E-state index in [1.54, 1.807) is 23.6 Å². The zero-order chi connectivity index (χ0) is 15.5. The maximum absolute atomic E-state index is 12.2. The molecule has 1 heterocycles. The van der Waals surface area contributed by atoms with Crippen molar-refractivity contribution in [1.82, 2.24) is 14.1 Å². The van der Waals surface area contributed by atoms with E-state index in [2.05, 4.69) is 0 Å². The van der Waals surface area contributed by atoms with Gasteiger partial charge in [0.25, 0.3) is 0 Å². The van der Waals surface area contributed by atoms with Crippen LogP contribution < -0.4 is 0 Å². The van der Waals surface area contributed by atoms with E-state index in [0.717, 1.165) is 6.26 Å². The number of rotatable bonds is 4. The quantitative estimate of drug-likeness (QED) is 0.691. The maximum atomic E-state index is 12.2. The first-order valence-corrected chi connectivity index (χ1v) is 8.48. The van der Waals surface area contributed by atoms with Gasteiger partial charge in [-0.05, 0) is 13.8 Å². The van der Waals surface area contributed by atoms with Gasteiger partial charge in [-0.3, -0.25) is 9.59 Å². The highest BCUT2D eigenvalue weighted by Gasteiger charge is 2.28. The Morgan fingerprint density at radius 1 is 1.10 bits per heavy atom. The Labute approximate surface area is 120 Å². The number of carbonyl (C=O) groups excluding carboxylic acids is 2. The topological polar surface area (TPSA) is 78.0 Å². The van der Waals surface area contributed by atoms with Crippen LogP contribution >= 0.6 is 0 Å². The number of hydrogen-bond donors (Lipinski definition) is 0. The molecule has 2 amide bonds. The Morgan fingerprint density at radius 3 is 1.90 bits per heavy atom. The zero-order valence-electron chi connectivity index (χ0n) is 12.5. The lowest BCUT2D eigenvalue weighted by molar-refractivity contribution is -0.138. The van der Waals surface area contributed by atoms with Crippen LogP contribution in [0.1, 0.15) is 20.8 Å². The number of hydrogen-bond acceptors (Lipinski definition) is 4. The van der Waals surface area contributed by atoms with Crippen LogP contribution in [0.5, 0.6) is 0 Å². The third-order valence-electron chi connectivity index (χ3n) is 3.37. The average Bonchev–Trinajstić information content (AvgIpc) is 2.33. The van der Waals surface area contributed by atoms with Gasteiger partial charge in [0.15, 0.2) is 0 Å². The number of piperazine rings is 1. The molecular weight excluding hydrogens is 282 g/mol. The standard InChI is InChI=1S/C12H23N3O4S/c1-10(2)15(20(4,18)19)9-12(17)14-7-5-13(6-8-14)11(3)16/h10H,5-9H2,1-4H3. The molecule has 0 aromatic rings. The molecule has 1 aliphatic rings. The highest BCUT2D eigenvalue weighted by atomic mass is 32.2. The van der Waals surface area contributed by atoms with E-state index >= 15 is 0 Å². The molecular formula is C12H23N3O4S. The Bertz CT molecular complexity index is 467. The molecule has 1 fully saturated rings. The average molecular weight is 305 g/mol. The largest absolute Gasteiger partial charge is 0.339 e. The molecule has 0 aromatic heterocycles. The summed E-state index contributed by atoms with van der Waals surface area (Å²) in [5, 5.41) is 0. The molecule has 0 spiro atoms. The summed E-state index contributed by atoms with van der Waals surface area (Å²) in [6, 6.07) is -0.257. The van der Waals surface area contributed by atoms with Crippen LogP contribution in [0.4, 0.5) is 0 Å². The van der Waals surface area contributed by atoms with E-state index in [9.17, 15) is 18.0 Å². The molecule has 0 radical (unpaired) electrons. The normalized spacial score (nSPS) is 16.9. The Morgan fingerprint density at radius 2 is 1.55 bits per heavy atom. The maximum Gasteiger partial charge on any atom is 0.238 e. The Kier molecular flexibility index (Phi) is 5.52. The zero-order valence-corrected chi connectivity index (χ0v) is 13.3. The monoisotopic (exact) mass is 305 g/mol. The fraction of sp³-hybridized carbons (Fsp3) is 0.833. The fourth-order valence-corrected chi connectivity index (χ4v) is 3.30. The predicted molar refractivity (Wildman–Crippen MR) is 75.5 cm³/mol. The van der Waals surface area contributed by atoms with Crippen LogP contribution in [0.25, 0.3) is 0 Å². The van der Waals surface area contributed by atoms with Crippen molar-refractivity contribution in [2.75, 3.05) is 39.0 Å². The van der Waals surface area contributed by atoms with E-state index in [4.69, 9.17) is 0 Å². The lowest BCUT2D eigenvalue weighted by Gasteiger charge is -2.35. The minimum atomic E-state index is -3.40. The van der Waals surface area contributed by atoms with Crippen molar-refractivity contribution in [3.05, 3.63) is 0 Å². The van der Waals surface area contributed by atoms with Crippen LogP contribution in [0.15, 0.2) is 0 Å². The molecule has 0 unspecified atom stereocenters. The summed E-state index contributed by atoms with van der Waals surface area (Å²) in [6.45, 7) is 6.74. The second-order valence-corrected chi connectivity index (χ2v) is 7.22. The molecule has 1 saturated heterocycles. The van der Waals surface area contributed by atoms with Gasteiger partial charge in [-0.1, -0.05) is 0 Å². The van der Waals surface area contributed by atoms with Gasteiger partial charge in [-0.25, -0.2) is 8.42 Å². The summed E-state index contributed by atoms with van der Waals surface area (Å²) in [5.41, 5.74) is 0. The molecule has 1 aliphatic heterocycles. The van der Waals surface area contributed by atoms with Crippen molar-refractivity contribution in [3.8, 4) is 0 Å². The van der Waals surface area contributed by atoms with Crippen LogP contribution in [-0.2, 0) is 19.6 Å². The van der Waals surface area contributed by atoms with Gasteiger partial charge in [0, 0.05) is 39.1 Å². The van der Waals surface area contributed by atoms with Gasteiger partial charge < -0.3 is 9.80 Å². The van der Waals surface area contributed by atoms with Crippen molar-refractivity contribution in [3.63, 3.8) is 0 Å². The third kappa shape index (κ3) is 4.45. The predicted octanol–water partition coefficient (Wildman–Crippen LogP) is -0.653. The van der Waals surface area contributed by atoms with E-state index in [-0.39, 0.29) is 24.4 Å². The summed E-state index contributed by atoms with van der Waals surface area (Å²) >= 11 is 0. The molecule has 0 N–H and O–H groups in total. The van der Waals surface area contributed by atoms with Crippen LogP contribution in [0, 0.1) is 0 Å². The van der Waals surface area contributed by atoms with Crippen molar-refractivity contribution in [2.24, 2.45) is 0 Å². The summed E-state index contributed by atoms with van der Waals surface area (Å²) in [4.78, 5) is 26.7. The smallest absolute Gasteiger partial charge is 0.238 e. The molecule has 0 bridgehead atoms. The summed E-state index contributed by atoms with van der Waals surface area (Å²) in [7, 11) is -3.40. The lowest BCUT2D eigenvalue weighted by atomic mass is 10.3. The first-order valence-electron chi connectivity index (χ1n) is 6.63. The molecule has 20 heavy (non-hydrogen) atoms. The SMILES string of the molecule is CC(=O)N1CCN(C(=O)CN(C(C)C)S(C)(=O)=O)CC1. The van der Waals surface area contributed by atoms with Crippen LogP contribution in [0.3, 0.4) is 0 Å². The lowest BCUT2D eigenvalue weighted by Crippen LogP contribution is -2.53. The van der Waals surface area contributed by atoms with Crippen LogP contribution in [-0.4, -0.2) is 79.4 Å². The van der Waals surface area contributed by atoms with Crippen LogP contribution in [0.2, 0.25) is 0 Å². The first kappa shape index (κ1) is 16.9. The van der Waals surface area contributed by atoms with Gasteiger partial charge >= 0.3 is 0 Å². The van der Waals surface area contributed by atoms with Gasteiger partial charge in [-0.15, -0.1) is 0 Å². The van der Waals surface area contributed by atoms with Crippen molar-refractivity contribution in [1.29, 1.82) is 0 Å². The highest BCUT2D eigenvalue weighted by Crippen LogP contribution is 2.08. The van der Waals surface area contributed by atoms with E-state index in [1.807, 2.05) is 0 Å². The summed E-state index contributed by atoms with van der Waals surface area (Å²) in [6.07, 6.45) is 1.11. The minimum Gasteiger partial charge on any atom is -0.339 e. The van der Waals surface area contributed by atoms with Gasteiger partial charge in [0.2, 0.25) is 21.8 Å². The molecule has 1 rings (SSSR count). The molecule has 8 heteroatoms. The number of sulfonamides is 1. The molecule has 0 saturated carbocycles. The Hall–Kier alpha value is -1.15. The third-order valence-corrected chi connectivity index (χ3v) is 4.77. The Balaban J connectivity index is 2.61. The van der Waals surface area contributed by atoms with Gasteiger partial charge in [0.1, 0.15) is 0 Å². The number of carbonyl (C=O) groups is 2. The molecule has 7 nitrogen and oxygen atoms in total. The van der Waals surface area contributed by atoms with E-state index < -0.39 is 10.0 Å². The minimum absolute atomic E-state index is 0.00274. The molecule has 0 aromatic carbocycles. The van der Waals surface area contributed by atoms with Gasteiger partial charge in [0.05, 0.1) is 12.8 Å². The second-order valence-electron chi connectivity index (χ2n) is 5.29. The highest BCUT2D eigenvalue weighted by molar-refractivity contribution is 7.88. The second kappa shape index (κ2) is 6.53. The molecule has 0 atom stereocenters. The molecule has 116 valence electrons. The number of nitrogens with zero attached hydrogens (tertiary/aromatic N) is 3. The van der Waals surface area contributed by atoms with E-state index in [0.29, 0.717) is 26.2 Å². The first-order chi connectivity index (χ1) is 9.12. The van der Waals surface area contributed by atoms with Gasteiger partial charge in [-0.2, -0.15) is 4.31 Å². The van der Waals surface area contributed by atoms with E-state index in [1.165, 1.54) is 11.2 Å². The van der Waals surface area contributed by atoms with Crippen molar-refractivity contribution < 1.29 is 18.0 Å².